The van der Waals surface area contributed by atoms with Crippen LogP contribution in [0.25, 0.3) is 0 Å². The number of benzene rings is 1. The molecule has 0 aliphatic heterocycles. The van der Waals surface area contributed by atoms with Gasteiger partial charge in [0.2, 0.25) is 0 Å². The average Bonchev–Trinajstić information content (AvgIpc) is 2.51. The third-order valence-corrected chi connectivity index (χ3v) is 3.27. The van der Waals surface area contributed by atoms with E-state index < -0.39 is 0 Å². The van der Waals surface area contributed by atoms with E-state index in [0.29, 0.717) is 12.4 Å². The van der Waals surface area contributed by atoms with Crippen molar-refractivity contribution in [2.24, 2.45) is 5.84 Å². The van der Waals surface area contributed by atoms with E-state index in [2.05, 4.69) is 22.3 Å². The molecule has 0 fully saturated rings. The van der Waals surface area contributed by atoms with Gasteiger partial charge >= 0.3 is 0 Å². The molecule has 1 aromatic heterocycles. The number of nitrogen functional groups attached to an aromatic ring is 1. The Morgan fingerprint density at radius 3 is 2.48 bits per heavy atom. The molecule has 21 heavy (non-hydrogen) atoms. The van der Waals surface area contributed by atoms with Crippen molar-refractivity contribution < 1.29 is 4.39 Å². The van der Waals surface area contributed by atoms with Gasteiger partial charge in [-0.3, -0.25) is 0 Å². The van der Waals surface area contributed by atoms with Crippen molar-refractivity contribution in [2.75, 3.05) is 16.9 Å². The van der Waals surface area contributed by atoms with E-state index in [1.165, 1.54) is 18.5 Å². The van der Waals surface area contributed by atoms with Crippen LogP contribution in [0, 0.1) is 5.82 Å². The van der Waals surface area contributed by atoms with Gasteiger partial charge in [-0.2, -0.15) is 0 Å². The fraction of sp³-hybridized carbons (Fsp3) is 0.333. The highest BCUT2D eigenvalue weighted by molar-refractivity contribution is 5.67. The SMILES string of the molecule is CCCc1c(NN)ncnc1N(CC)c1ccc(F)cc1. The zero-order valence-electron chi connectivity index (χ0n) is 12.3. The summed E-state index contributed by atoms with van der Waals surface area (Å²) in [5, 5.41) is 0. The van der Waals surface area contributed by atoms with Gasteiger partial charge in [0.15, 0.2) is 0 Å². The number of halogens is 1. The minimum absolute atomic E-state index is 0.254. The molecule has 1 aromatic carbocycles. The Labute approximate surface area is 124 Å². The van der Waals surface area contributed by atoms with Crippen LogP contribution in [0.2, 0.25) is 0 Å². The van der Waals surface area contributed by atoms with Gasteiger partial charge in [0.25, 0.3) is 0 Å². The predicted octanol–water partition coefficient (Wildman–Crippen LogP) is 3.01. The van der Waals surface area contributed by atoms with Gasteiger partial charge < -0.3 is 10.3 Å². The quantitative estimate of drug-likeness (QED) is 0.632. The first kappa shape index (κ1) is 15.2. The van der Waals surface area contributed by atoms with Gasteiger partial charge in [-0.1, -0.05) is 13.3 Å². The van der Waals surface area contributed by atoms with Crippen LogP contribution in [0.5, 0.6) is 0 Å². The molecule has 112 valence electrons. The van der Waals surface area contributed by atoms with Crippen LogP contribution in [-0.2, 0) is 6.42 Å². The number of anilines is 3. The molecule has 6 heteroatoms. The Morgan fingerprint density at radius 2 is 1.90 bits per heavy atom. The highest BCUT2D eigenvalue weighted by Crippen LogP contribution is 2.30. The molecule has 0 saturated carbocycles. The normalized spacial score (nSPS) is 10.5. The Hall–Kier alpha value is -2.21. The number of hydrogen-bond acceptors (Lipinski definition) is 5. The standard InChI is InChI=1S/C15H20FN5/c1-3-5-13-14(20-17)18-10-19-15(13)21(4-2)12-8-6-11(16)7-9-12/h6-10H,3-5,17H2,1-2H3,(H,18,19,20). The Morgan fingerprint density at radius 1 is 1.19 bits per heavy atom. The molecule has 2 rings (SSSR count). The molecule has 0 unspecified atom stereocenters. The molecule has 0 radical (unpaired) electrons. The van der Waals surface area contributed by atoms with Crippen LogP contribution in [0.4, 0.5) is 21.7 Å². The van der Waals surface area contributed by atoms with E-state index in [4.69, 9.17) is 5.84 Å². The summed E-state index contributed by atoms with van der Waals surface area (Å²) in [6.45, 7) is 4.82. The summed E-state index contributed by atoms with van der Waals surface area (Å²) in [6.07, 6.45) is 3.25. The second-order valence-corrected chi connectivity index (χ2v) is 4.64. The van der Waals surface area contributed by atoms with E-state index in [0.717, 1.165) is 29.9 Å². The van der Waals surface area contributed by atoms with Crippen molar-refractivity contribution in [2.45, 2.75) is 26.7 Å². The van der Waals surface area contributed by atoms with E-state index in [9.17, 15) is 4.39 Å². The number of aromatic nitrogens is 2. The van der Waals surface area contributed by atoms with Gasteiger partial charge in [-0.05, 0) is 37.6 Å². The van der Waals surface area contributed by atoms with Gasteiger partial charge in [0.1, 0.15) is 23.8 Å². The van der Waals surface area contributed by atoms with Gasteiger partial charge in [0, 0.05) is 17.8 Å². The molecular weight excluding hydrogens is 269 g/mol. The summed E-state index contributed by atoms with van der Waals surface area (Å²) in [4.78, 5) is 10.6. The molecule has 0 spiro atoms. The summed E-state index contributed by atoms with van der Waals surface area (Å²) in [5.41, 5.74) is 4.48. The van der Waals surface area contributed by atoms with E-state index >= 15 is 0 Å². The lowest BCUT2D eigenvalue weighted by Crippen LogP contribution is -2.21. The molecule has 0 aliphatic rings. The molecule has 0 bridgehead atoms. The van der Waals surface area contributed by atoms with Gasteiger partial charge in [-0.25, -0.2) is 20.2 Å². The van der Waals surface area contributed by atoms with Crippen LogP contribution >= 0.6 is 0 Å². The van der Waals surface area contributed by atoms with E-state index in [1.807, 2.05) is 11.8 Å². The lowest BCUT2D eigenvalue weighted by atomic mass is 10.1. The first-order valence-electron chi connectivity index (χ1n) is 7.04. The van der Waals surface area contributed by atoms with Crippen molar-refractivity contribution in [1.82, 2.24) is 9.97 Å². The molecule has 1 heterocycles. The molecule has 3 N–H and O–H groups in total. The second kappa shape index (κ2) is 6.99. The Bertz CT molecular complexity index is 585. The topological polar surface area (TPSA) is 67.1 Å². The number of hydrogen-bond donors (Lipinski definition) is 2. The summed E-state index contributed by atoms with van der Waals surface area (Å²) in [7, 11) is 0. The van der Waals surface area contributed by atoms with Crippen LogP contribution in [0.1, 0.15) is 25.8 Å². The number of rotatable bonds is 6. The smallest absolute Gasteiger partial charge is 0.148 e. The maximum Gasteiger partial charge on any atom is 0.148 e. The third-order valence-electron chi connectivity index (χ3n) is 3.27. The second-order valence-electron chi connectivity index (χ2n) is 4.64. The number of hydrazine groups is 1. The Kier molecular flexibility index (Phi) is 5.05. The van der Waals surface area contributed by atoms with Crippen molar-refractivity contribution in [3.05, 3.63) is 42.0 Å². The maximum absolute atomic E-state index is 13.1. The summed E-state index contributed by atoms with van der Waals surface area (Å²) >= 11 is 0. The van der Waals surface area contributed by atoms with E-state index in [-0.39, 0.29) is 5.82 Å². The van der Waals surface area contributed by atoms with Crippen molar-refractivity contribution in [1.29, 1.82) is 0 Å². The molecule has 0 atom stereocenters. The largest absolute Gasteiger partial charge is 0.326 e. The first-order chi connectivity index (χ1) is 10.2. The minimum Gasteiger partial charge on any atom is -0.326 e. The van der Waals surface area contributed by atoms with E-state index in [1.54, 1.807) is 12.1 Å². The first-order valence-corrected chi connectivity index (χ1v) is 7.04. The van der Waals surface area contributed by atoms with Crippen LogP contribution in [0.3, 0.4) is 0 Å². The zero-order valence-corrected chi connectivity index (χ0v) is 12.3. The summed E-state index contributed by atoms with van der Waals surface area (Å²) < 4.78 is 13.1. The maximum atomic E-state index is 13.1. The van der Waals surface area contributed by atoms with Gasteiger partial charge in [-0.15, -0.1) is 0 Å². The number of nitrogens with zero attached hydrogens (tertiary/aromatic N) is 3. The van der Waals surface area contributed by atoms with Crippen LogP contribution in [0.15, 0.2) is 30.6 Å². The van der Waals surface area contributed by atoms with Crippen molar-refractivity contribution >= 4 is 17.3 Å². The lowest BCUT2D eigenvalue weighted by molar-refractivity contribution is 0.627. The molecule has 0 amide bonds. The van der Waals surface area contributed by atoms with Crippen LogP contribution < -0.4 is 16.2 Å². The minimum atomic E-state index is -0.254. The van der Waals surface area contributed by atoms with Crippen LogP contribution in [-0.4, -0.2) is 16.5 Å². The zero-order chi connectivity index (χ0) is 15.2. The Balaban J connectivity index is 2.48. The van der Waals surface area contributed by atoms with Crippen molar-refractivity contribution in [3.63, 3.8) is 0 Å². The monoisotopic (exact) mass is 289 g/mol. The summed E-state index contributed by atoms with van der Waals surface area (Å²) in [5.74, 6) is 6.71. The predicted molar refractivity (Wildman–Crippen MR) is 82.9 cm³/mol. The lowest BCUT2D eigenvalue weighted by Gasteiger charge is -2.25. The fourth-order valence-electron chi connectivity index (χ4n) is 2.32. The average molecular weight is 289 g/mol. The number of nitrogens with one attached hydrogen (secondary N) is 1. The highest BCUT2D eigenvalue weighted by Gasteiger charge is 2.16. The molecule has 5 nitrogen and oxygen atoms in total. The molecular formula is C15H20FN5. The van der Waals surface area contributed by atoms with Crippen molar-refractivity contribution in [3.8, 4) is 0 Å². The third kappa shape index (κ3) is 3.28. The molecule has 2 aromatic rings. The highest BCUT2D eigenvalue weighted by atomic mass is 19.1. The summed E-state index contributed by atoms with van der Waals surface area (Å²) in [6, 6.07) is 6.37. The molecule has 0 aliphatic carbocycles. The number of nitrogens with two attached hydrogens (primary N) is 1. The molecule has 0 saturated heterocycles. The van der Waals surface area contributed by atoms with Gasteiger partial charge in [0.05, 0.1) is 0 Å². The fourth-order valence-corrected chi connectivity index (χ4v) is 2.32.